The molecule has 188 valence electrons. The molecule has 1 aromatic carbocycles. The third kappa shape index (κ3) is 4.15. The molecule has 0 radical (unpaired) electrons. The Balaban J connectivity index is 1.43. The van der Waals surface area contributed by atoms with Crippen LogP contribution in [0.1, 0.15) is 35.3 Å². The zero-order chi connectivity index (χ0) is 25.8. The van der Waals surface area contributed by atoms with Gasteiger partial charge in [0.05, 0.1) is 11.1 Å². The smallest absolute Gasteiger partial charge is 0.364 e. The van der Waals surface area contributed by atoms with Crippen LogP contribution in [0.25, 0.3) is 10.9 Å². The SMILES string of the molecule is NC(=O)c1nn(CC(=O)N2[C@@H]3CC[C@@H](C3)[C@H]2C(=O)Nc2nc(Cl)ccc2C(F)(F)F)c2ccccc12. The van der Waals surface area contributed by atoms with E-state index < -0.39 is 41.3 Å². The van der Waals surface area contributed by atoms with E-state index in [1.165, 1.54) is 9.58 Å². The molecule has 2 aliphatic rings. The summed E-state index contributed by atoms with van der Waals surface area (Å²) in [6, 6.07) is 7.30. The highest BCUT2D eigenvalue weighted by Crippen LogP contribution is 2.43. The maximum Gasteiger partial charge on any atom is 0.419 e. The van der Waals surface area contributed by atoms with Crippen LogP contribution >= 0.6 is 11.6 Å². The number of rotatable bonds is 5. The highest BCUT2D eigenvalue weighted by Gasteiger charge is 2.51. The van der Waals surface area contributed by atoms with Crippen LogP contribution in [0.2, 0.25) is 5.15 Å². The van der Waals surface area contributed by atoms with E-state index in [0.717, 1.165) is 12.1 Å². The minimum absolute atomic E-state index is 0.0161. The third-order valence-electron chi connectivity index (χ3n) is 6.73. The van der Waals surface area contributed by atoms with Crippen LogP contribution in [0.5, 0.6) is 0 Å². The van der Waals surface area contributed by atoms with Crippen LogP contribution in [-0.2, 0) is 22.3 Å². The van der Waals surface area contributed by atoms with Crippen molar-refractivity contribution in [2.45, 2.75) is 44.1 Å². The van der Waals surface area contributed by atoms with Gasteiger partial charge in [-0.2, -0.15) is 18.3 Å². The molecular formula is C23H20ClF3N6O3. The van der Waals surface area contributed by atoms with Crippen molar-refractivity contribution in [3.05, 3.63) is 52.8 Å². The van der Waals surface area contributed by atoms with Gasteiger partial charge in [0.1, 0.15) is 23.6 Å². The topological polar surface area (TPSA) is 123 Å². The summed E-state index contributed by atoms with van der Waals surface area (Å²) in [6.45, 7) is -0.274. The number of nitrogens with two attached hydrogens (primary N) is 1. The van der Waals surface area contributed by atoms with Crippen molar-refractivity contribution in [3.63, 3.8) is 0 Å². The zero-order valence-corrected chi connectivity index (χ0v) is 19.4. The number of hydrogen-bond acceptors (Lipinski definition) is 5. The number of nitrogens with zero attached hydrogens (tertiary/aromatic N) is 4. The van der Waals surface area contributed by atoms with Crippen LogP contribution in [-0.4, -0.2) is 49.5 Å². The third-order valence-corrected chi connectivity index (χ3v) is 6.94. The zero-order valence-electron chi connectivity index (χ0n) is 18.6. The fourth-order valence-corrected chi connectivity index (χ4v) is 5.42. The highest BCUT2D eigenvalue weighted by molar-refractivity contribution is 6.29. The Morgan fingerprint density at radius 3 is 2.61 bits per heavy atom. The standard InChI is InChI=1S/C23H20ClF3N6O3/c24-16-8-7-14(23(25,26)27)21(29-16)30-22(36)19-11-5-6-12(9-11)33(19)17(34)10-32-15-4-2-1-3-13(15)18(31-32)20(28)35/h1-4,7-8,11-12,19H,5-6,9-10H2,(H2,28,35)(H,29,30,36)/t11-,12+,19-/m0/s1. The number of pyridine rings is 1. The minimum atomic E-state index is -4.76. The van der Waals surface area contributed by atoms with Crippen molar-refractivity contribution < 1.29 is 27.6 Å². The Kier molecular flexibility index (Phi) is 5.86. The number of carbonyl (C=O) groups excluding carboxylic acids is 3. The Morgan fingerprint density at radius 2 is 1.89 bits per heavy atom. The van der Waals surface area contributed by atoms with Crippen molar-refractivity contribution in [1.82, 2.24) is 19.7 Å². The van der Waals surface area contributed by atoms with Gasteiger partial charge in [-0.15, -0.1) is 0 Å². The molecule has 3 aromatic rings. The molecular weight excluding hydrogens is 501 g/mol. The fourth-order valence-electron chi connectivity index (χ4n) is 5.27. The van der Waals surface area contributed by atoms with Gasteiger partial charge < -0.3 is 16.0 Å². The Bertz CT molecular complexity index is 1390. The second-order valence-corrected chi connectivity index (χ2v) is 9.26. The molecule has 5 rings (SSSR count). The molecule has 13 heteroatoms. The van der Waals surface area contributed by atoms with E-state index in [9.17, 15) is 27.6 Å². The largest absolute Gasteiger partial charge is 0.419 e. The number of anilines is 1. The average molecular weight is 521 g/mol. The molecule has 3 atom stereocenters. The monoisotopic (exact) mass is 520 g/mol. The number of likely N-dealkylation sites (tertiary alicyclic amines) is 1. The molecule has 2 aromatic heterocycles. The maximum absolute atomic E-state index is 13.4. The summed E-state index contributed by atoms with van der Waals surface area (Å²) < 4.78 is 41.7. The van der Waals surface area contributed by atoms with Crippen LogP contribution in [0.4, 0.5) is 19.0 Å². The predicted octanol–water partition coefficient (Wildman–Crippen LogP) is 3.22. The van der Waals surface area contributed by atoms with E-state index in [0.29, 0.717) is 30.2 Å². The lowest BCUT2D eigenvalue weighted by Crippen LogP contribution is -2.52. The van der Waals surface area contributed by atoms with E-state index in [4.69, 9.17) is 17.3 Å². The molecule has 3 N–H and O–H groups in total. The summed E-state index contributed by atoms with van der Waals surface area (Å²) >= 11 is 5.78. The first-order chi connectivity index (χ1) is 17.0. The molecule has 2 bridgehead atoms. The molecule has 36 heavy (non-hydrogen) atoms. The normalized spacial score (nSPS) is 21.2. The minimum Gasteiger partial charge on any atom is -0.364 e. The average Bonchev–Trinajstić information content (AvgIpc) is 3.51. The van der Waals surface area contributed by atoms with Gasteiger partial charge >= 0.3 is 6.18 Å². The second kappa shape index (κ2) is 8.77. The van der Waals surface area contributed by atoms with Crippen molar-refractivity contribution in [1.29, 1.82) is 0 Å². The number of carbonyl (C=O) groups is 3. The number of fused-ring (bicyclic) bond motifs is 3. The fraction of sp³-hybridized carbons (Fsp3) is 0.348. The van der Waals surface area contributed by atoms with E-state index in [1.807, 2.05) is 0 Å². The molecule has 2 fully saturated rings. The van der Waals surface area contributed by atoms with Crippen molar-refractivity contribution in [2.75, 3.05) is 5.32 Å². The first kappa shape index (κ1) is 24.0. The molecule has 3 heterocycles. The van der Waals surface area contributed by atoms with Crippen molar-refractivity contribution in [3.8, 4) is 0 Å². The highest BCUT2D eigenvalue weighted by atomic mass is 35.5. The first-order valence-electron chi connectivity index (χ1n) is 11.2. The summed E-state index contributed by atoms with van der Waals surface area (Å²) in [7, 11) is 0. The van der Waals surface area contributed by atoms with Crippen molar-refractivity contribution in [2.24, 2.45) is 11.7 Å². The maximum atomic E-state index is 13.4. The van der Waals surface area contributed by atoms with Gasteiger partial charge in [-0.1, -0.05) is 29.8 Å². The number of para-hydroxylation sites is 1. The van der Waals surface area contributed by atoms with Crippen LogP contribution in [0.3, 0.4) is 0 Å². The molecule has 1 aliphatic heterocycles. The van der Waals surface area contributed by atoms with E-state index >= 15 is 0 Å². The van der Waals surface area contributed by atoms with Gasteiger partial charge in [-0.25, -0.2) is 4.98 Å². The van der Waals surface area contributed by atoms with Gasteiger partial charge in [0.25, 0.3) is 5.91 Å². The van der Waals surface area contributed by atoms with E-state index in [2.05, 4.69) is 15.4 Å². The Hall–Kier alpha value is -3.67. The lowest BCUT2D eigenvalue weighted by atomic mass is 9.97. The van der Waals surface area contributed by atoms with E-state index in [-0.39, 0.29) is 29.4 Å². The van der Waals surface area contributed by atoms with E-state index in [1.54, 1.807) is 24.3 Å². The Morgan fingerprint density at radius 1 is 1.14 bits per heavy atom. The summed E-state index contributed by atoms with van der Waals surface area (Å²) in [6.07, 6.45) is -2.86. The van der Waals surface area contributed by atoms with Gasteiger partial charge in [0.15, 0.2) is 5.69 Å². The molecule has 1 saturated heterocycles. The Labute approximate surface area is 207 Å². The quantitative estimate of drug-likeness (QED) is 0.500. The van der Waals surface area contributed by atoms with Gasteiger partial charge in [0.2, 0.25) is 11.8 Å². The number of alkyl halides is 3. The molecule has 0 spiro atoms. The van der Waals surface area contributed by atoms with Gasteiger partial charge in [-0.3, -0.25) is 19.1 Å². The second-order valence-electron chi connectivity index (χ2n) is 8.88. The molecule has 1 aliphatic carbocycles. The number of primary amides is 1. The number of halogens is 4. The number of benzene rings is 1. The molecule has 0 unspecified atom stereocenters. The van der Waals surface area contributed by atoms with Gasteiger partial charge in [0, 0.05) is 11.4 Å². The lowest BCUT2D eigenvalue weighted by molar-refractivity contribution is -0.142. The number of hydrogen-bond donors (Lipinski definition) is 2. The summed E-state index contributed by atoms with van der Waals surface area (Å²) in [5.74, 6) is -2.87. The van der Waals surface area contributed by atoms with Gasteiger partial charge in [-0.05, 0) is 43.4 Å². The number of amides is 3. The number of piperidine rings is 1. The lowest BCUT2D eigenvalue weighted by Gasteiger charge is -2.34. The van der Waals surface area contributed by atoms with Crippen LogP contribution < -0.4 is 11.1 Å². The summed E-state index contributed by atoms with van der Waals surface area (Å²) in [4.78, 5) is 43.5. The molecule has 9 nitrogen and oxygen atoms in total. The first-order valence-corrected chi connectivity index (χ1v) is 11.5. The van der Waals surface area contributed by atoms with Crippen LogP contribution in [0.15, 0.2) is 36.4 Å². The predicted molar refractivity (Wildman–Crippen MR) is 123 cm³/mol. The van der Waals surface area contributed by atoms with Crippen LogP contribution in [0, 0.1) is 5.92 Å². The number of aromatic nitrogens is 3. The summed E-state index contributed by atoms with van der Waals surface area (Å²) in [5.41, 5.74) is 4.82. The molecule has 3 amide bonds. The summed E-state index contributed by atoms with van der Waals surface area (Å²) in [5, 5.41) is 6.72. The molecule has 1 saturated carbocycles. The van der Waals surface area contributed by atoms with Crippen molar-refractivity contribution >= 4 is 46.0 Å². The number of nitrogens with one attached hydrogen (secondary N) is 1.